The van der Waals surface area contributed by atoms with E-state index in [1.165, 1.54) is 6.26 Å². The first-order valence-corrected chi connectivity index (χ1v) is 12.4. The summed E-state index contributed by atoms with van der Waals surface area (Å²) in [5, 5.41) is 6.54. The van der Waals surface area contributed by atoms with Crippen molar-refractivity contribution in [3.05, 3.63) is 29.3 Å². The quantitative estimate of drug-likeness (QED) is 0.310. The largest absolute Gasteiger partial charge is 0.493 e. The maximum atomic E-state index is 11.9. The molecule has 1 aromatic rings. The molecule has 0 aromatic heterocycles. The number of aliphatic imine (C=N–C) groups is 1. The number of methoxy groups -OCH3 is 1. The number of guanidine groups is 1. The Hall–Kier alpha value is -1.84. The fourth-order valence-electron chi connectivity index (χ4n) is 3.48. The molecule has 0 radical (unpaired) electrons. The Morgan fingerprint density at radius 3 is 2.80 bits per heavy atom. The second-order valence-electron chi connectivity index (χ2n) is 7.55. The summed E-state index contributed by atoms with van der Waals surface area (Å²) < 4.78 is 36.5. The number of nitrogens with one attached hydrogen (secondary N) is 2. The van der Waals surface area contributed by atoms with Crippen LogP contribution < -0.4 is 15.4 Å². The van der Waals surface area contributed by atoms with E-state index in [9.17, 15) is 8.42 Å². The predicted molar refractivity (Wildman–Crippen MR) is 121 cm³/mol. The van der Waals surface area contributed by atoms with Crippen molar-refractivity contribution in [2.75, 3.05) is 46.2 Å². The van der Waals surface area contributed by atoms with Crippen molar-refractivity contribution in [3.8, 4) is 5.75 Å². The summed E-state index contributed by atoms with van der Waals surface area (Å²) in [7, 11) is -1.50. The second-order valence-corrected chi connectivity index (χ2v) is 9.49. The van der Waals surface area contributed by atoms with Crippen molar-refractivity contribution in [1.29, 1.82) is 0 Å². The molecule has 170 valence electrons. The van der Waals surface area contributed by atoms with Crippen LogP contribution >= 0.6 is 0 Å². The van der Waals surface area contributed by atoms with Crippen LogP contribution in [0.15, 0.2) is 23.2 Å². The van der Waals surface area contributed by atoms with Crippen molar-refractivity contribution in [3.63, 3.8) is 0 Å². The topological polar surface area (TPSA) is 92.3 Å². The van der Waals surface area contributed by atoms with Crippen molar-refractivity contribution >= 4 is 16.0 Å². The van der Waals surface area contributed by atoms with E-state index in [2.05, 4.69) is 21.7 Å². The molecule has 2 N–H and O–H groups in total. The van der Waals surface area contributed by atoms with Gasteiger partial charge in [0.15, 0.2) is 5.96 Å². The SMILES string of the molecule is CCNC(=NCc1ccc(C)cc1OCCCOC)NC[C@H]1CCCN1S(C)(=O)=O. The molecule has 0 amide bonds. The Bertz CT molecular complexity index is 798. The first-order valence-electron chi connectivity index (χ1n) is 10.6. The summed E-state index contributed by atoms with van der Waals surface area (Å²) in [6.45, 7) is 7.62. The van der Waals surface area contributed by atoms with E-state index >= 15 is 0 Å². The van der Waals surface area contributed by atoms with Gasteiger partial charge in [-0.25, -0.2) is 13.4 Å². The van der Waals surface area contributed by atoms with Gasteiger partial charge in [-0.1, -0.05) is 12.1 Å². The molecule has 1 aliphatic heterocycles. The number of rotatable bonds is 11. The normalized spacial score (nSPS) is 17.9. The average Bonchev–Trinajstić information content (AvgIpc) is 3.18. The van der Waals surface area contributed by atoms with Gasteiger partial charge in [-0.15, -0.1) is 0 Å². The first kappa shape index (κ1) is 24.4. The van der Waals surface area contributed by atoms with Gasteiger partial charge in [0.1, 0.15) is 5.75 Å². The summed E-state index contributed by atoms with van der Waals surface area (Å²) >= 11 is 0. The van der Waals surface area contributed by atoms with Crippen molar-refractivity contribution in [2.45, 2.75) is 45.7 Å². The Balaban J connectivity index is 2.02. The van der Waals surface area contributed by atoms with Gasteiger partial charge in [0, 0.05) is 51.4 Å². The number of ether oxygens (including phenoxy) is 2. The fraction of sp³-hybridized carbons (Fsp3) is 0.667. The van der Waals surface area contributed by atoms with E-state index in [4.69, 9.17) is 9.47 Å². The van der Waals surface area contributed by atoms with Gasteiger partial charge in [0.05, 0.1) is 19.4 Å². The molecule has 9 heteroatoms. The summed E-state index contributed by atoms with van der Waals surface area (Å²) in [6, 6.07) is 6.08. The van der Waals surface area contributed by atoms with Crippen molar-refractivity contribution in [1.82, 2.24) is 14.9 Å². The van der Waals surface area contributed by atoms with Crippen LogP contribution in [-0.4, -0.2) is 70.9 Å². The van der Waals surface area contributed by atoms with Gasteiger partial charge in [-0.3, -0.25) is 0 Å². The minimum atomic E-state index is -3.18. The maximum absolute atomic E-state index is 11.9. The zero-order valence-electron chi connectivity index (χ0n) is 18.6. The van der Waals surface area contributed by atoms with Crippen molar-refractivity contribution < 1.29 is 17.9 Å². The molecular weight excluding hydrogens is 404 g/mol. The molecule has 8 nitrogen and oxygen atoms in total. The number of benzene rings is 1. The molecule has 1 fully saturated rings. The summed E-state index contributed by atoms with van der Waals surface area (Å²) in [6.07, 6.45) is 3.85. The standard InChI is InChI=1S/C21H36N4O4S/c1-5-22-21(24-16-19-8-6-11-25(19)30(4,26)27)23-15-18-10-9-17(2)14-20(18)29-13-7-12-28-3/h9-10,14,19H,5-8,11-13,15-16H2,1-4H3,(H2,22,23,24)/t19-/m1/s1. The Morgan fingerprint density at radius 1 is 1.30 bits per heavy atom. The van der Waals surface area contributed by atoms with Crippen LogP contribution in [0, 0.1) is 6.92 Å². The molecule has 0 bridgehead atoms. The minimum absolute atomic E-state index is 0.0390. The highest BCUT2D eigenvalue weighted by Gasteiger charge is 2.31. The third-order valence-electron chi connectivity index (χ3n) is 4.98. The highest BCUT2D eigenvalue weighted by molar-refractivity contribution is 7.88. The second kappa shape index (κ2) is 12.1. The highest BCUT2D eigenvalue weighted by atomic mass is 32.2. The molecule has 1 aliphatic rings. The number of nitrogens with zero attached hydrogens (tertiary/aromatic N) is 2. The van der Waals surface area contributed by atoms with Gasteiger partial charge in [-0.2, -0.15) is 4.31 Å². The predicted octanol–water partition coefficient (Wildman–Crippen LogP) is 1.89. The lowest BCUT2D eigenvalue weighted by molar-refractivity contribution is 0.172. The third-order valence-corrected chi connectivity index (χ3v) is 6.31. The Labute approximate surface area is 181 Å². The van der Waals surface area contributed by atoms with E-state index in [1.807, 2.05) is 26.0 Å². The van der Waals surface area contributed by atoms with Crippen LogP contribution in [0.25, 0.3) is 0 Å². The lowest BCUT2D eigenvalue weighted by Crippen LogP contribution is -2.46. The molecule has 1 aromatic carbocycles. The Morgan fingerprint density at radius 2 is 2.10 bits per heavy atom. The molecule has 30 heavy (non-hydrogen) atoms. The van der Waals surface area contributed by atoms with Gasteiger partial charge in [0.2, 0.25) is 10.0 Å². The number of hydrogen-bond donors (Lipinski definition) is 2. The van der Waals surface area contributed by atoms with Gasteiger partial charge >= 0.3 is 0 Å². The molecule has 0 saturated carbocycles. The summed E-state index contributed by atoms with van der Waals surface area (Å²) in [4.78, 5) is 4.69. The highest BCUT2D eigenvalue weighted by Crippen LogP contribution is 2.22. The lowest BCUT2D eigenvalue weighted by atomic mass is 10.1. The van der Waals surface area contributed by atoms with Gasteiger partial charge in [-0.05, 0) is 38.3 Å². The maximum Gasteiger partial charge on any atom is 0.211 e. The molecule has 2 rings (SSSR count). The van der Waals surface area contributed by atoms with E-state index < -0.39 is 10.0 Å². The van der Waals surface area contributed by atoms with E-state index in [0.717, 1.165) is 42.7 Å². The average molecular weight is 441 g/mol. The van der Waals surface area contributed by atoms with Gasteiger partial charge < -0.3 is 20.1 Å². The van der Waals surface area contributed by atoms with Crippen LogP contribution in [-0.2, 0) is 21.3 Å². The number of sulfonamides is 1. The van der Waals surface area contributed by atoms with Crippen LogP contribution in [0.2, 0.25) is 0 Å². The smallest absolute Gasteiger partial charge is 0.211 e. The third kappa shape index (κ3) is 7.77. The van der Waals surface area contributed by atoms with Crippen molar-refractivity contribution in [2.24, 2.45) is 4.99 Å². The van der Waals surface area contributed by atoms with E-state index in [1.54, 1.807) is 11.4 Å². The molecular formula is C21H36N4O4S. The first-order chi connectivity index (χ1) is 14.3. The fourth-order valence-corrected chi connectivity index (χ4v) is 4.66. The van der Waals surface area contributed by atoms with Gasteiger partial charge in [0.25, 0.3) is 0 Å². The van der Waals surface area contributed by atoms with Crippen LogP contribution in [0.4, 0.5) is 0 Å². The van der Waals surface area contributed by atoms with Crippen LogP contribution in [0.5, 0.6) is 5.75 Å². The molecule has 0 aliphatic carbocycles. The van der Waals surface area contributed by atoms with Crippen LogP contribution in [0.3, 0.4) is 0 Å². The molecule has 1 heterocycles. The van der Waals surface area contributed by atoms with E-state index in [-0.39, 0.29) is 6.04 Å². The Kier molecular flexibility index (Phi) is 9.87. The lowest BCUT2D eigenvalue weighted by Gasteiger charge is -2.23. The zero-order chi connectivity index (χ0) is 22.0. The molecule has 1 atom stereocenters. The monoisotopic (exact) mass is 440 g/mol. The minimum Gasteiger partial charge on any atom is -0.493 e. The molecule has 1 saturated heterocycles. The molecule has 0 unspecified atom stereocenters. The summed E-state index contributed by atoms with van der Waals surface area (Å²) in [5.41, 5.74) is 2.14. The summed E-state index contributed by atoms with van der Waals surface area (Å²) in [5.74, 6) is 1.51. The number of aryl methyl sites for hydroxylation is 1. The van der Waals surface area contributed by atoms with E-state index in [0.29, 0.717) is 38.8 Å². The number of hydrogen-bond acceptors (Lipinski definition) is 5. The molecule has 0 spiro atoms. The van der Waals surface area contributed by atoms with Crippen LogP contribution in [0.1, 0.15) is 37.3 Å². The zero-order valence-corrected chi connectivity index (χ0v) is 19.4.